The number of benzene rings is 1. The van der Waals surface area contributed by atoms with E-state index in [4.69, 9.17) is 4.74 Å². The van der Waals surface area contributed by atoms with Gasteiger partial charge in [-0.05, 0) is 42.9 Å². The van der Waals surface area contributed by atoms with Crippen LogP contribution in [0.4, 0.5) is 4.39 Å². The van der Waals surface area contributed by atoms with Crippen LogP contribution in [0.1, 0.15) is 31.2 Å². The van der Waals surface area contributed by atoms with Crippen LogP contribution in [0.25, 0.3) is 0 Å². The topological polar surface area (TPSA) is 41.6 Å². The number of hydrogen-bond acceptors (Lipinski definition) is 3. The molecular weight excluding hydrogens is 295 g/mol. The molecule has 0 unspecified atom stereocenters. The Bertz CT molecular complexity index is 506. The number of carbonyl (C=O) groups is 1. The molecule has 2 saturated heterocycles. The summed E-state index contributed by atoms with van der Waals surface area (Å²) in [5, 5.41) is 3.17. The van der Waals surface area contributed by atoms with Crippen molar-refractivity contribution in [3.63, 3.8) is 0 Å². The first-order valence-corrected chi connectivity index (χ1v) is 8.53. The number of halogens is 1. The summed E-state index contributed by atoms with van der Waals surface area (Å²) in [6, 6.07) is 6.98. The lowest BCUT2D eigenvalue weighted by Gasteiger charge is -2.32. The minimum Gasteiger partial charge on any atom is -0.381 e. The smallest absolute Gasteiger partial charge is 0.220 e. The number of nitrogens with zero attached hydrogens (tertiary/aromatic N) is 1. The van der Waals surface area contributed by atoms with Gasteiger partial charge in [-0.25, -0.2) is 4.39 Å². The number of nitrogens with one attached hydrogen (secondary N) is 1. The van der Waals surface area contributed by atoms with Gasteiger partial charge >= 0.3 is 0 Å². The summed E-state index contributed by atoms with van der Waals surface area (Å²) in [6.45, 7) is 4.30. The molecule has 0 spiro atoms. The summed E-state index contributed by atoms with van der Waals surface area (Å²) in [4.78, 5) is 14.4. The van der Waals surface area contributed by atoms with Crippen molar-refractivity contribution in [3.8, 4) is 0 Å². The van der Waals surface area contributed by atoms with Gasteiger partial charge in [-0.15, -0.1) is 0 Å². The molecule has 3 rings (SSSR count). The van der Waals surface area contributed by atoms with Crippen LogP contribution in [-0.4, -0.2) is 43.2 Å². The Morgan fingerprint density at radius 2 is 1.96 bits per heavy atom. The van der Waals surface area contributed by atoms with E-state index in [0.717, 1.165) is 57.7 Å². The van der Waals surface area contributed by atoms with Gasteiger partial charge in [-0.2, -0.15) is 0 Å². The second-order valence-electron chi connectivity index (χ2n) is 6.68. The molecule has 2 heterocycles. The zero-order valence-corrected chi connectivity index (χ0v) is 13.5. The van der Waals surface area contributed by atoms with E-state index in [1.165, 1.54) is 12.1 Å². The number of carbonyl (C=O) groups excluding carboxylic acids is 1. The second kappa shape index (κ2) is 7.88. The van der Waals surface area contributed by atoms with Crippen LogP contribution in [0, 0.1) is 11.7 Å². The molecule has 2 aliphatic rings. The molecule has 1 aromatic carbocycles. The molecular formula is C18H25FN2O2. The van der Waals surface area contributed by atoms with Gasteiger partial charge in [0.15, 0.2) is 0 Å². The Morgan fingerprint density at radius 3 is 2.61 bits per heavy atom. The maximum Gasteiger partial charge on any atom is 0.220 e. The average molecular weight is 320 g/mol. The minimum atomic E-state index is -0.192. The number of amides is 1. The monoisotopic (exact) mass is 320 g/mol. The fourth-order valence-corrected chi connectivity index (χ4v) is 3.38. The van der Waals surface area contributed by atoms with Gasteiger partial charge in [0, 0.05) is 45.3 Å². The first-order valence-electron chi connectivity index (χ1n) is 8.53. The minimum absolute atomic E-state index is 0.164. The third-order valence-electron chi connectivity index (χ3n) is 4.77. The molecule has 0 aromatic heterocycles. The fraction of sp³-hybridized carbons (Fsp3) is 0.611. The molecule has 1 atom stereocenters. The summed E-state index contributed by atoms with van der Waals surface area (Å²) < 4.78 is 18.2. The van der Waals surface area contributed by atoms with Crippen LogP contribution < -0.4 is 5.32 Å². The second-order valence-corrected chi connectivity index (χ2v) is 6.68. The Kier molecular flexibility index (Phi) is 5.62. The summed E-state index contributed by atoms with van der Waals surface area (Å²) in [5.41, 5.74) is 1.13. The molecule has 0 aliphatic carbocycles. The largest absolute Gasteiger partial charge is 0.381 e. The van der Waals surface area contributed by atoms with Gasteiger partial charge in [-0.1, -0.05) is 12.1 Å². The Morgan fingerprint density at radius 1 is 1.22 bits per heavy atom. The predicted molar refractivity (Wildman–Crippen MR) is 86.4 cm³/mol. The standard InChI is InChI=1S/C18H25FN2O2/c19-16-3-1-14(2-4-16)12-21-8-5-17(6-9-21)20-18(22)11-15-7-10-23-13-15/h1-4,15,17H,5-13H2,(H,20,22)/t15-/m1/s1. The highest BCUT2D eigenvalue weighted by molar-refractivity contribution is 5.76. The van der Waals surface area contributed by atoms with E-state index in [2.05, 4.69) is 10.2 Å². The van der Waals surface area contributed by atoms with E-state index in [-0.39, 0.29) is 17.8 Å². The Balaban J connectivity index is 1.37. The van der Waals surface area contributed by atoms with E-state index in [1.807, 2.05) is 12.1 Å². The maximum atomic E-state index is 12.9. The zero-order chi connectivity index (χ0) is 16.1. The lowest BCUT2D eigenvalue weighted by atomic mass is 10.0. The van der Waals surface area contributed by atoms with Crippen molar-refractivity contribution in [1.82, 2.24) is 10.2 Å². The van der Waals surface area contributed by atoms with Gasteiger partial charge in [0.05, 0.1) is 0 Å². The van der Waals surface area contributed by atoms with E-state index in [9.17, 15) is 9.18 Å². The number of rotatable bonds is 5. The van der Waals surface area contributed by atoms with Gasteiger partial charge in [-0.3, -0.25) is 9.69 Å². The lowest BCUT2D eigenvalue weighted by Crippen LogP contribution is -2.44. The highest BCUT2D eigenvalue weighted by atomic mass is 19.1. The normalized spacial score (nSPS) is 23.1. The van der Waals surface area contributed by atoms with Crippen molar-refractivity contribution >= 4 is 5.91 Å². The van der Waals surface area contributed by atoms with Crippen molar-refractivity contribution in [3.05, 3.63) is 35.6 Å². The fourth-order valence-electron chi connectivity index (χ4n) is 3.38. The lowest BCUT2D eigenvalue weighted by molar-refractivity contribution is -0.123. The van der Waals surface area contributed by atoms with E-state index >= 15 is 0 Å². The van der Waals surface area contributed by atoms with E-state index in [0.29, 0.717) is 12.3 Å². The Hall–Kier alpha value is -1.46. The summed E-state index contributed by atoms with van der Waals surface area (Å²) in [7, 11) is 0. The van der Waals surface area contributed by atoms with Crippen LogP contribution in [0.2, 0.25) is 0 Å². The number of likely N-dealkylation sites (tertiary alicyclic amines) is 1. The van der Waals surface area contributed by atoms with Gasteiger partial charge in [0.1, 0.15) is 5.82 Å². The van der Waals surface area contributed by atoms with Gasteiger partial charge in [0.2, 0.25) is 5.91 Å². The van der Waals surface area contributed by atoms with Gasteiger partial charge in [0.25, 0.3) is 0 Å². The molecule has 1 aromatic rings. The van der Waals surface area contributed by atoms with Crippen molar-refractivity contribution < 1.29 is 13.9 Å². The summed E-state index contributed by atoms with van der Waals surface area (Å²) in [5.74, 6) is 0.369. The van der Waals surface area contributed by atoms with Crippen LogP contribution in [0.15, 0.2) is 24.3 Å². The molecule has 0 bridgehead atoms. The third kappa shape index (κ3) is 5.01. The molecule has 23 heavy (non-hydrogen) atoms. The van der Waals surface area contributed by atoms with Crippen LogP contribution in [0.5, 0.6) is 0 Å². The highest BCUT2D eigenvalue weighted by Crippen LogP contribution is 2.18. The summed E-state index contributed by atoms with van der Waals surface area (Å²) >= 11 is 0. The average Bonchev–Trinajstić information content (AvgIpc) is 3.04. The van der Waals surface area contributed by atoms with Crippen molar-refractivity contribution in [2.45, 2.75) is 38.3 Å². The molecule has 2 fully saturated rings. The summed E-state index contributed by atoms with van der Waals surface area (Å²) in [6.07, 6.45) is 3.56. The number of hydrogen-bond donors (Lipinski definition) is 1. The van der Waals surface area contributed by atoms with E-state index in [1.54, 1.807) is 0 Å². The van der Waals surface area contributed by atoms with Gasteiger partial charge < -0.3 is 10.1 Å². The molecule has 2 aliphatic heterocycles. The molecule has 0 radical (unpaired) electrons. The number of piperidine rings is 1. The molecule has 5 heteroatoms. The molecule has 1 amide bonds. The molecule has 4 nitrogen and oxygen atoms in total. The van der Waals surface area contributed by atoms with Crippen LogP contribution in [0.3, 0.4) is 0 Å². The number of ether oxygens (including phenoxy) is 1. The Labute approximate surface area is 137 Å². The van der Waals surface area contributed by atoms with Crippen molar-refractivity contribution in [2.24, 2.45) is 5.92 Å². The molecule has 126 valence electrons. The van der Waals surface area contributed by atoms with Crippen molar-refractivity contribution in [1.29, 1.82) is 0 Å². The SMILES string of the molecule is O=C(C[C@H]1CCOC1)NC1CCN(Cc2ccc(F)cc2)CC1. The first-order chi connectivity index (χ1) is 11.2. The van der Waals surface area contributed by atoms with Crippen molar-refractivity contribution in [2.75, 3.05) is 26.3 Å². The first kappa shape index (κ1) is 16.4. The van der Waals surface area contributed by atoms with E-state index < -0.39 is 0 Å². The predicted octanol–water partition coefficient (Wildman–Crippen LogP) is 2.33. The quantitative estimate of drug-likeness (QED) is 0.905. The van der Waals surface area contributed by atoms with Crippen LogP contribution >= 0.6 is 0 Å². The third-order valence-corrected chi connectivity index (χ3v) is 4.77. The van der Waals surface area contributed by atoms with Crippen LogP contribution in [-0.2, 0) is 16.1 Å². The zero-order valence-electron chi connectivity index (χ0n) is 13.5. The molecule has 0 saturated carbocycles. The molecule has 1 N–H and O–H groups in total. The maximum absolute atomic E-state index is 12.9. The highest BCUT2D eigenvalue weighted by Gasteiger charge is 2.23.